The average molecular weight is 301 g/mol. The van der Waals surface area contributed by atoms with E-state index in [2.05, 4.69) is 47.6 Å². The zero-order chi connectivity index (χ0) is 14.7. The van der Waals surface area contributed by atoms with Crippen LogP contribution >= 0.6 is 11.3 Å². The van der Waals surface area contributed by atoms with Crippen LogP contribution in [0.25, 0.3) is 0 Å². The maximum absolute atomic E-state index is 4.34. The Morgan fingerprint density at radius 3 is 2.71 bits per heavy atom. The maximum Gasteiger partial charge on any atom is 0.121 e. The van der Waals surface area contributed by atoms with Gasteiger partial charge in [-0.3, -0.25) is 0 Å². The van der Waals surface area contributed by atoms with Gasteiger partial charge < -0.3 is 5.32 Å². The van der Waals surface area contributed by atoms with Crippen LogP contribution < -0.4 is 5.32 Å². The normalized spacial score (nSPS) is 14.6. The minimum atomic E-state index is 0.805. The molecule has 4 heteroatoms. The van der Waals surface area contributed by atoms with Gasteiger partial charge in [-0.05, 0) is 56.3 Å². The third-order valence-electron chi connectivity index (χ3n) is 4.01. The first-order valence-electron chi connectivity index (χ1n) is 7.81. The minimum Gasteiger partial charge on any atom is -0.314 e. The quantitative estimate of drug-likeness (QED) is 0.796. The van der Waals surface area contributed by atoms with Gasteiger partial charge in [0.25, 0.3) is 0 Å². The van der Waals surface area contributed by atoms with Gasteiger partial charge in [0.05, 0.1) is 0 Å². The highest BCUT2D eigenvalue weighted by Crippen LogP contribution is 2.19. The monoisotopic (exact) mass is 301 g/mol. The van der Waals surface area contributed by atoms with Crippen LogP contribution in [0, 0.1) is 13.8 Å². The predicted molar refractivity (Wildman–Crippen MR) is 88.0 cm³/mol. The van der Waals surface area contributed by atoms with E-state index in [9.17, 15) is 0 Å². The fourth-order valence-electron chi connectivity index (χ4n) is 2.38. The van der Waals surface area contributed by atoms with E-state index in [4.69, 9.17) is 0 Å². The number of hydrogen-bond donors (Lipinski definition) is 1. The van der Waals surface area contributed by atoms with Crippen LogP contribution in [0.2, 0.25) is 0 Å². The molecule has 1 aromatic carbocycles. The van der Waals surface area contributed by atoms with Crippen molar-refractivity contribution in [3.8, 4) is 0 Å². The second-order valence-corrected chi connectivity index (χ2v) is 7.16. The van der Waals surface area contributed by atoms with E-state index >= 15 is 0 Å². The molecule has 1 aromatic heterocycles. The maximum atomic E-state index is 4.34. The van der Waals surface area contributed by atoms with Crippen molar-refractivity contribution >= 4 is 11.3 Å². The molecule has 0 saturated heterocycles. The van der Waals surface area contributed by atoms with Crippen LogP contribution in [0.1, 0.15) is 46.0 Å². The number of rotatable bonds is 7. The molecule has 1 saturated carbocycles. The molecule has 1 heterocycles. The summed E-state index contributed by atoms with van der Waals surface area (Å²) in [5.74, 6) is 0. The van der Waals surface area contributed by atoms with Crippen molar-refractivity contribution in [1.29, 1.82) is 0 Å². The van der Waals surface area contributed by atoms with Gasteiger partial charge >= 0.3 is 0 Å². The summed E-state index contributed by atoms with van der Waals surface area (Å²) in [6.07, 6.45) is 5.83. The van der Waals surface area contributed by atoms with Gasteiger partial charge in [0.2, 0.25) is 0 Å². The van der Waals surface area contributed by atoms with E-state index in [1.807, 2.05) is 0 Å². The zero-order valence-corrected chi connectivity index (χ0v) is 13.7. The van der Waals surface area contributed by atoms with E-state index in [1.54, 1.807) is 11.3 Å². The average Bonchev–Trinajstić information content (AvgIpc) is 3.19. The van der Waals surface area contributed by atoms with E-state index < -0.39 is 0 Å². The van der Waals surface area contributed by atoms with Crippen molar-refractivity contribution in [2.24, 2.45) is 0 Å². The summed E-state index contributed by atoms with van der Waals surface area (Å²) in [5, 5.41) is 14.5. The zero-order valence-electron chi connectivity index (χ0n) is 12.9. The van der Waals surface area contributed by atoms with Gasteiger partial charge in [-0.1, -0.05) is 18.2 Å². The van der Waals surface area contributed by atoms with Crippen molar-refractivity contribution in [1.82, 2.24) is 15.5 Å². The highest BCUT2D eigenvalue weighted by Gasteiger charge is 2.19. The van der Waals surface area contributed by atoms with Gasteiger partial charge in [0, 0.05) is 18.9 Å². The van der Waals surface area contributed by atoms with Gasteiger partial charge in [0.15, 0.2) is 0 Å². The lowest BCUT2D eigenvalue weighted by atomic mass is 10.0. The molecular formula is C17H23N3S. The lowest BCUT2D eigenvalue weighted by Gasteiger charge is -2.02. The molecule has 1 aliphatic rings. The number of nitrogens with zero attached hydrogens (tertiary/aromatic N) is 2. The summed E-state index contributed by atoms with van der Waals surface area (Å²) in [6, 6.07) is 7.45. The standard InChI is InChI=1S/C17H23N3S/c1-12-5-6-14(10-13(12)2)11-17-20-19-16(21-17)4-3-9-18-15-7-8-15/h5-6,10,15,18H,3-4,7-9,11H2,1-2H3. The second kappa shape index (κ2) is 6.67. The Kier molecular flexibility index (Phi) is 4.66. The van der Waals surface area contributed by atoms with E-state index in [1.165, 1.54) is 34.5 Å². The van der Waals surface area contributed by atoms with Crippen LogP contribution in [0.3, 0.4) is 0 Å². The summed E-state index contributed by atoms with van der Waals surface area (Å²) in [6.45, 7) is 5.42. The smallest absolute Gasteiger partial charge is 0.121 e. The van der Waals surface area contributed by atoms with Gasteiger partial charge in [-0.15, -0.1) is 21.5 Å². The van der Waals surface area contributed by atoms with Crippen molar-refractivity contribution in [2.45, 2.75) is 52.0 Å². The molecule has 112 valence electrons. The fraction of sp³-hybridized carbons (Fsp3) is 0.529. The highest BCUT2D eigenvalue weighted by molar-refractivity contribution is 7.11. The summed E-state index contributed by atoms with van der Waals surface area (Å²) in [4.78, 5) is 0. The van der Waals surface area contributed by atoms with E-state index in [-0.39, 0.29) is 0 Å². The first kappa shape index (κ1) is 14.7. The number of aromatic nitrogens is 2. The lowest BCUT2D eigenvalue weighted by molar-refractivity contribution is 0.643. The van der Waals surface area contributed by atoms with Crippen molar-refractivity contribution in [2.75, 3.05) is 6.54 Å². The molecule has 0 radical (unpaired) electrons. The molecule has 1 fully saturated rings. The third-order valence-corrected chi connectivity index (χ3v) is 5.00. The molecule has 2 aromatic rings. The molecule has 0 aliphatic heterocycles. The van der Waals surface area contributed by atoms with Crippen molar-refractivity contribution in [3.05, 3.63) is 44.9 Å². The number of aryl methyl sites for hydroxylation is 3. The number of benzene rings is 1. The number of hydrogen-bond acceptors (Lipinski definition) is 4. The van der Waals surface area contributed by atoms with Crippen LogP contribution in [-0.2, 0) is 12.8 Å². The molecule has 21 heavy (non-hydrogen) atoms. The molecule has 0 atom stereocenters. The summed E-state index contributed by atoms with van der Waals surface area (Å²) in [5.41, 5.74) is 4.03. The summed E-state index contributed by atoms with van der Waals surface area (Å²) in [7, 11) is 0. The first-order valence-corrected chi connectivity index (χ1v) is 8.63. The Hall–Kier alpha value is -1.26. The van der Waals surface area contributed by atoms with Gasteiger partial charge in [0.1, 0.15) is 10.0 Å². The predicted octanol–water partition coefficient (Wildman–Crippen LogP) is 3.43. The summed E-state index contributed by atoms with van der Waals surface area (Å²) < 4.78 is 0. The second-order valence-electron chi connectivity index (χ2n) is 6.02. The molecule has 1 aliphatic carbocycles. The van der Waals surface area contributed by atoms with Crippen LogP contribution in [0.5, 0.6) is 0 Å². The Labute approximate surface area is 130 Å². The Bertz CT molecular complexity index is 602. The summed E-state index contributed by atoms with van der Waals surface area (Å²) >= 11 is 1.76. The van der Waals surface area contributed by atoms with E-state index in [0.717, 1.165) is 36.9 Å². The van der Waals surface area contributed by atoms with Crippen LogP contribution in [-0.4, -0.2) is 22.8 Å². The molecule has 0 spiro atoms. The highest BCUT2D eigenvalue weighted by atomic mass is 32.1. The largest absolute Gasteiger partial charge is 0.314 e. The van der Waals surface area contributed by atoms with Crippen molar-refractivity contribution < 1.29 is 0 Å². The minimum absolute atomic E-state index is 0.805. The topological polar surface area (TPSA) is 37.8 Å². The van der Waals surface area contributed by atoms with E-state index in [0.29, 0.717) is 0 Å². The molecule has 0 unspecified atom stereocenters. The molecule has 0 amide bonds. The molecule has 3 rings (SSSR count). The number of nitrogens with one attached hydrogen (secondary N) is 1. The fourth-order valence-corrected chi connectivity index (χ4v) is 3.30. The first-order chi connectivity index (χ1) is 10.2. The van der Waals surface area contributed by atoms with Crippen LogP contribution in [0.4, 0.5) is 0 Å². The van der Waals surface area contributed by atoms with Crippen LogP contribution in [0.15, 0.2) is 18.2 Å². The molecular weight excluding hydrogens is 278 g/mol. The molecule has 3 nitrogen and oxygen atoms in total. The third kappa shape index (κ3) is 4.35. The van der Waals surface area contributed by atoms with Gasteiger partial charge in [-0.2, -0.15) is 0 Å². The van der Waals surface area contributed by atoms with Gasteiger partial charge in [-0.25, -0.2) is 0 Å². The van der Waals surface area contributed by atoms with Crippen molar-refractivity contribution in [3.63, 3.8) is 0 Å². The lowest BCUT2D eigenvalue weighted by Crippen LogP contribution is -2.17. The molecule has 0 bridgehead atoms. The molecule has 1 N–H and O–H groups in total. The SMILES string of the molecule is Cc1ccc(Cc2nnc(CCCNC3CC3)s2)cc1C. The Morgan fingerprint density at radius 2 is 1.95 bits per heavy atom. The Morgan fingerprint density at radius 1 is 1.14 bits per heavy atom. The Balaban J connectivity index is 1.50.